The van der Waals surface area contributed by atoms with Gasteiger partial charge in [0.05, 0.1) is 18.8 Å². The van der Waals surface area contributed by atoms with Crippen LogP contribution in [0.3, 0.4) is 0 Å². The first-order chi connectivity index (χ1) is 19.8. The monoisotopic (exact) mass is 587 g/mol. The van der Waals surface area contributed by atoms with Crippen LogP contribution < -0.4 is 5.32 Å². The first kappa shape index (κ1) is 28.0. The second kappa shape index (κ2) is 11.3. The van der Waals surface area contributed by atoms with Gasteiger partial charge in [-0.25, -0.2) is 23.4 Å². The molecule has 1 saturated heterocycles. The first-order valence-corrected chi connectivity index (χ1v) is 14.7. The molecule has 2 aliphatic carbocycles. The number of anilines is 1. The molecule has 3 fully saturated rings. The Kier molecular flexibility index (Phi) is 7.72. The van der Waals surface area contributed by atoms with Crippen LogP contribution in [0.25, 0.3) is 21.6 Å². The number of thioether (sulfide) groups is 1. The number of rotatable bonds is 11. The molecule has 0 unspecified atom stereocenters. The number of aromatic nitrogens is 5. The summed E-state index contributed by atoms with van der Waals surface area (Å²) < 4.78 is 47.6. The second-order valence-electron chi connectivity index (χ2n) is 10.9. The van der Waals surface area contributed by atoms with Crippen molar-refractivity contribution >= 4 is 28.7 Å². The van der Waals surface area contributed by atoms with Crippen molar-refractivity contribution in [2.75, 3.05) is 24.2 Å². The van der Waals surface area contributed by atoms with E-state index >= 15 is 0 Å². The van der Waals surface area contributed by atoms with E-state index in [1.54, 1.807) is 22.5 Å². The number of benzene rings is 1. The lowest BCUT2D eigenvalue weighted by atomic mass is 10.1. The smallest absolute Gasteiger partial charge is 0.191 e. The molecule has 2 saturated carbocycles. The molecule has 41 heavy (non-hydrogen) atoms. The Morgan fingerprint density at radius 3 is 2.83 bits per heavy atom. The van der Waals surface area contributed by atoms with Gasteiger partial charge in [0, 0.05) is 35.6 Å². The van der Waals surface area contributed by atoms with Crippen molar-refractivity contribution in [1.82, 2.24) is 25.0 Å². The zero-order chi connectivity index (χ0) is 28.7. The summed E-state index contributed by atoms with van der Waals surface area (Å²) in [6.07, 6.45) is 1.27. The number of halogens is 2. The standard InChI is InChI=1S/C26H31F2N9O3S/c1-4-9-41-25-32-23(31-17-11-14(17)13-5-6-15(27)16(28)10-13)20-24(33-25)37(36-34-20)18-12-19(38-8-7-30-35-29)22-21(18)39-26(2,3)40-22/h5-6,10,14,17-19,21-22H,4,7-9,11-12H2,1-3H3,(H,31,32,33)/t14-,17+,18+,19-,21-,22+/m0/s1. The third-order valence-corrected chi connectivity index (χ3v) is 8.56. The van der Waals surface area contributed by atoms with Gasteiger partial charge in [0.2, 0.25) is 0 Å². The van der Waals surface area contributed by atoms with Crippen LogP contribution in [0, 0.1) is 11.6 Å². The highest BCUT2D eigenvalue weighted by Gasteiger charge is 2.56. The molecule has 0 bridgehead atoms. The quantitative estimate of drug-likeness (QED) is 0.0806. The Morgan fingerprint density at radius 1 is 1.22 bits per heavy atom. The molecular formula is C26H31F2N9O3S. The van der Waals surface area contributed by atoms with Crippen LogP contribution in [0.15, 0.2) is 28.5 Å². The molecule has 1 N–H and O–H groups in total. The molecule has 2 aromatic heterocycles. The molecule has 12 nitrogen and oxygen atoms in total. The largest absolute Gasteiger partial charge is 0.375 e. The zero-order valence-corrected chi connectivity index (χ0v) is 23.7. The van der Waals surface area contributed by atoms with Gasteiger partial charge >= 0.3 is 0 Å². The summed E-state index contributed by atoms with van der Waals surface area (Å²) in [5, 5.41) is 16.6. The summed E-state index contributed by atoms with van der Waals surface area (Å²) in [7, 11) is 0. The molecule has 6 rings (SSSR count). The summed E-state index contributed by atoms with van der Waals surface area (Å²) in [6.45, 7) is 6.30. The number of nitrogens with zero attached hydrogens (tertiary/aromatic N) is 8. The molecule has 218 valence electrons. The molecule has 3 aliphatic rings. The first-order valence-electron chi connectivity index (χ1n) is 13.7. The summed E-state index contributed by atoms with van der Waals surface area (Å²) in [5.74, 6) is -1.09. The van der Waals surface area contributed by atoms with E-state index in [4.69, 9.17) is 29.7 Å². The highest BCUT2D eigenvalue weighted by molar-refractivity contribution is 7.99. The normalized spacial score (nSPS) is 28.0. The summed E-state index contributed by atoms with van der Waals surface area (Å²) >= 11 is 1.55. The van der Waals surface area contributed by atoms with Crippen LogP contribution in [-0.2, 0) is 14.2 Å². The molecule has 1 aromatic carbocycles. The number of nitrogens with one attached hydrogen (secondary N) is 1. The topological polar surface area (TPSA) is 145 Å². The number of hydrogen-bond acceptors (Lipinski definition) is 10. The van der Waals surface area contributed by atoms with Crippen LogP contribution in [-0.4, -0.2) is 74.0 Å². The van der Waals surface area contributed by atoms with Gasteiger partial charge in [-0.1, -0.05) is 35.1 Å². The zero-order valence-electron chi connectivity index (χ0n) is 22.9. The molecular weight excluding hydrogens is 556 g/mol. The Morgan fingerprint density at radius 2 is 2.05 bits per heavy atom. The van der Waals surface area contributed by atoms with E-state index in [2.05, 4.69) is 32.6 Å². The Hall–Kier alpha value is -3.10. The fourth-order valence-corrected chi connectivity index (χ4v) is 6.33. The minimum absolute atomic E-state index is 0.00999. The molecule has 0 amide bonds. The molecule has 6 atom stereocenters. The number of fused-ring (bicyclic) bond motifs is 2. The van der Waals surface area contributed by atoms with Crippen molar-refractivity contribution in [3.8, 4) is 0 Å². The maximum atomic E-state index is 13.8. The second-order valence-corrected chi connectivity index (χ2v) is 12.0. The van der Waals surface area contributed by atoms with Crippen molar-refractivity contribution in [3.63, 3.8) is 0 Å². The number of azide groups is 1. The van der Waals surface area contributed by atoms with Crippen LogP contribution in [0.2, 0.25) is 0 Å². The van der Waals surface area contributed by atoms with E-state index in [0.717, 1.165) is 30.2 Å². The molecule has 15 heteroatoms. The molecule has 0 spiro atoms. The minimum Gasteiger partial charge on any atom is -0.375 e. The molecule has 3 heterocycles. The molecule has 3 aromatic rings. The maximum Gasteiger partial charge on any atom is 0.191 e. The predicted octanol–water partition coefficient (Wildman–Crippen LogP) is 5.13. The van der Waals surface area contributed by atoms with Gasteiger partial charge in [-0.05, 0) is 49.9 Å². The van der Waals surface area contributed by atoms with E-state index in [1.165, 1.54) is 6.07 Å². The summed E-state index contributed by atoms with van der Waals surface area (Å²) in [5.41, 5.74) is 10.4. The number of ether oxygens (including phenoxy) is 3. The van der Waals surface area contributed by atoms with E-state index in [0.29, 0.717) is 28.6 Å². The van der Waals surface area contributed by atoms with E-state index < -0.39 is 17.4 Å². The average molecular weight is 588 g/mol. The fourth-order valence-electron chi connectivity index (χ4n) is 5.63. The summed E-state index contributed by atoms with van der Waals surface area (Å²) in [4.78, 5) is 12.4. The van der Waals surface area contributed by atoms with Crippen molar-refractivity contribution in [2.45, 2.75) is 87.3 Å². The third kappa shape index (κ3) is 5.69. The highest BCUT2D eigenvalue weighted by Crippen LogP contribution is 2.47. The average Bonchev–Trinajstić information content (AvgIpc) is 3.28. The lowest BCUT2D eigenvalue weighted by molar-refractivity contribution is -0.170. The fraction of sp³-hybridized carbons (Fsp3) is 0.615. The van der Waals surface area contributed by atoms with Crippen molar-refractivity contribution < 1.29 is 23.0 Å². The lowest BCUT2D eigenvalue weighted by Crippen LogP contribution is -2.31. The van der Waals surface area contributed by atoms with Gasteiger partial charge in [0.1, 0.15) is 12.2 Å². The third-order valence-electron chi connectivity index (χ3n) is 7.51. The minimum atomic E-state index is -0.858. The Labute approximate surface area is 239 Å². The Bertz CT molecular complexity index is 1480. The van der Waals surface area contributed by atoms with E-state index in [1.807, 2.05) is 13.8 Å². The van der Waals surface area contributed by atoms with Gasteiger partial charge in [-0.2, -0.15) is 0 Å². The maximum absolute atomic E-state index is 13.8. The molecule has 0 radical (unpaired) electrons. The van der Waals surface area contributed by atoms with Crippen LogP contribution in [0.5, 0.6) is 0 Å². The van der Waals surface area contributed by atoms with Crippen LogP contribution in [0.1, 0.15) is 57.6 Å². The van der Waals surface area contributed by atoms with Gasteiger partial charge < -0.3 is 19.5 Å². The predicted molar refractivity (Wildman–Crippen MR) is 146 cm³/mol. The SMILES string of the molecule is CCCSc1nc(N[C@@H]2C[C@H]2c2ccc(F)c(F)c2)c2nnn([C@@H]3C[C@H](OCCN=[N+]=[N-])[C@H]4OC(C)(C)O[C@H]43)c2n1. The van der Waals surface area contributed by atoms with E-state index in [-0.39, 0.29) is 49.5 Å². The van der Waals surface area contributed by atoms with E-state index in [9.17, 15) is 8.78 Å². The van der Waals surface area contributed by atoms with Gasteiger partial charge in [-0.3, -0.25) is 0 Å². The molecule has 1 aliphatic heterocycles. The van der Waals surface area contributed by atoms with Gasteiger partial charge in [0.25, 0.3) is 0 Å². The van der Waals surface area contributed by atoms with Gasteiger partial charge in [0.15, 0.2) is 39.6 Å². The van der Waals surface area contributed by atoms with Crippen molar-refractivity contribution in [2.24, 2.45) is 5.11 Å². The summed E-state index contributed by atoms with van der Waals surface area (Å²) in [6, 6.07) is 3.75. The number of hydrogen-bond donors (Lipinski definition) is 1. The van der Waals surface area contributed by atoms with Crippen molar-refractivity contribution in [1.29, 1.82) is 0 Å². The van der Waals surface area contributed by atoms with Crippen LogP contribution >= 0.6 is 11.8 Å². The van der Waals surface area contributed by atoms with Crippen molar-refractivity contribution in [3.05, 3.63) is 45.8 Å². The van der Waals surface area contributed by atoms with Crippen LogP contribution in [0.4, 0.5) is 14.6 Å². The Balaban J connectivity index is 1.29. The lowest BCUT2D eigenvalue weighted by Gasteiger charge is -2.23. The highest BCUT2D eigenvalue weighted by atomic mass is 32.2. The van der Waals surface area contributed by atoms with Gasteiger partial charge in [-0.15, -0.1) is 5.10 Å².